The highest BCUT2D eigenvalue weighted by Crippen LogP contribution is 2.33. The molecule has 0 atom stereocenters. The molecule has 0 aliphatic carbocycles. The highest BCUT2D eigenvalue weighted by molar-refractivity contribution is 5.94. The third-order valence-corrected chi connectivity index (χ3v) is 4.36. The van der Waals surface area contributed by atoms with E-state index in [4.69, 9.17) is 15.2 Å². The van der Waals surface area contributed by atoms with Crippen molar-refractivity contribution in [2.75, 3.05) is 7.11 Å². The van der Waals surface area contributed by atoms with Crippen LogP contribution in [0.5, 0.6) is 17.2 Å². The molecule has 0 unspecified atom stereocenters. The Morgan fingerprint density at radius 2 is 1.90 bits per heavy atom. The van der Waals surface area contributed by atoms with Crippen molar-refractivity contribution < 1.29 is 18.7 Å². The zero-order valence-corrected chi connectivity index (χ0v) is 18.8. The fraction of sp³-hybridized carbons (Fsp3) is 0.238. The number of imidazole rings is 1. The summed E-state index contributed by atoms with van der Waals surface area (Å²) in [6, 6.07) is 9.20. The van der Waals surface area contributed by atoms with Crippen LogP contribution in [0.1, 0.15) is 28.5 Å². The van der Waals surface area contributed by atoms with E-state index in [2.05, 4.69) is 10.3 Å². The highest BCUT2D eigenvalue weighted by Gasteiger charge is 2.14. The van der Waals surface area contributed by atoms with Crippen LogP contribution in [0.15, 0.2) is 48.9 Å². The lowest BCUT2D eigenvalue weighted by Crippen LogP contribution is -2.23. The molecule has 3 aromatic rings. The molecular formula is C21H25Cl2FN4O3. The number of nitrogens with zero attached hydrogens (tertiary/aromatic N) is 2. The van der Waals surface area contributed by atoms with Crippen molar-refractivity contribution >= 4 is 30.7 Å². The predicted octanol–water partition coefficient (Wildman–Crippen LogP) is 4.08. The molecule has 2 aromatic carbocycles. The summed E-state index contributed by atoms with van der Waals surface area (Å²) in [5.41, 5.74) is 7.29. The first-order chi connectivity index (χ1) is 14.0. The largest absolute Gasteiger partial charge is 0.493 e. The second-order valence-electron chi connectivity index (χ2n) is 6.31. The molecular weight excluding hydrogens is 446 g/mol. The van der Waals surface area contributed by atoms with E-state index in [1.165, 1.54) is 25.3 Å². The van der Waals surface area contributed by atoms with Crippen LogP contribution >= 0.6 is 24.8 Å². The van der Waals surface area contributed by atoms with Crippen molar-refractivity contribution in [3.8, 4) is 17.2 Å². The number of benzene rings is 2. The highest BCUT2D eigenvalue weighted by atomic mass is 35.5. The second-order valence-corrected chi connectivity index (χ2v) is 6.31. The van der Waals surface area contributed by atoms with Crippen molar-refractivity contribution in [3.63, 3.8) is 0 Å². The second kappa shape index (κ2) is 12.1. The van der Waals surface area contributed by atoms with Crippen LogP contribution in [-0.2, 0) is 19.6 Å². The Kier molecular flexibility index (Phi) is 10.3. The van der Waals surface area contributed by atoms with Gasteiger partial charge in [0.15, 0.2) is 23.1 Å². The maximum Gasteiger partial charge on any atom is 0.251 e. The third-order valence-electron chi connectivity index (χ3n) is 4.36. The Labute approximate surface area is 192 Å². The third kappa shape index (κ3) is 6.58. The molecule has 168 valence electrons. The van der Waals surface area contributed by atoms with Crippen LogP contribution in [0, 0.1) is 5.82 Å². The molecule has 0 aliphatic rings. The number of aryl methyl sites for hydroxylation is 1. The molecule has 1 heterocycles. The van der Waals surface area contributed by atoms with E-state index in [1.54, 1.807) is 24.5 Å². The predicted molar refractivity (Wildman–Crippen MR) is 121 cm³/mol. The smallest absolute Gasteiger partial charge is 0.251 e. The molecule has 0 saturated carbocycles. The number of nitrogens with one attached hydrogen (secondary N) is 1. The van der Waals surface area contributed by atoms with Gasteiger partial charge in [-0.3, -0.25) is 4.79 Å². The van der Waals surface area contributed by atoms with E-state index in [1.807, 2.05) is 17.7 Å². The first-order valence-electron chi connectivity index (χ1n) is 9.17. The number of carbonyl (C=O) groups is 1. The van der Waals surface area contributed by atoms with Crippen LogP contribution in [0.3, 0.4) is 0 Å². The molecule has 0 fully saturated rings. The van der Waals surface area contributed by atoms with Crippen molar-refractivity contribution in [2.45, 2.75) is 26.6 Å². The Hall–Kier alpha value is -2.81. The van der Waals surface area contributed by atoms with Crippen molar-refractivity contribution in [2.24, 2.45) is 5.73 Å². The van der Waals surface area contributed by atoms with Crippen LogP contribution in [-0.4, -0.2) is 22.6 Å². The van der Waals surface area contributed by atoms with Crippen molar-refractivity contribution in [1.82, 2.24) is 14.9 Å². The molecule has 0 aliphatic heterocycles. The number of ether oxygens (including phenoxy) is 2. The average Bonchev–Trinajstić information content (AvgIpc) is 3.21. The van der Waals surface area contributed by atoms with E-state index >= 15 is 0 Å². The summed E-state index contributed by atoms with van der Waals surface area (Å²) in [5.74, 6) is -0.220. The summed E-state index contributed by atoms with van der Waals surface area (Å²) in [4.78, 5) is 16.7. The van der Waals surface area contributed by atoms with Gasteiger partial charge in [0, 0.05) is 24.8 Å². The summed E-state index contributed by atoms with van der Waals surface area (Å²) in [6.45, 7) is 3.34. The minimum absolute atomic E-state index is 0. The first-order valence-corrected chi connectivity index (χ1v) is 9.17. The monoisotopic (exact) mass is 470 g/mol. The van der Waals surface area contributed by atoms with Gasteiger partial charge in [0.1, 0.15) is 0 Å². The van der Waals surface area contributed by atoms with Crippen LogP contribution < -0.4 is 20.5 Å². The Morgan fingerprint density at radius 3 is 2.52 bits per heavy atom. The fourth-order valence-corrected chi connectivity index (χ4v) is 2.71. The number of aromatic nitrogens is 2. The Balaban J connectivity index is 0.00000240. The van der Waals surface area contributed by atoms with E-state index in [0.717, 1.165) is 12.2 Å². The summed E-state index contributed by atoms with van der Waals surface area (Å²) in [5, 5.41) is 2.81. The van der Waals surface area contributed by atoms with Crippen LogP contribution in [0.4, 0.5) is 4.39 Å². The minimum atomic E-state index is -0.545. The molecule has 3 rings (SSSR count). The van der Waals surface area contributed by atoms with Gasteiger partial charge in [-0.1, -0.05) is 6.07 Å². The number of halogens is 3. The molecule has 31 heavy (non-hydrogen) atoms. The van der Waals surface area contributed by atoms with Gasteiger partial charge in [0.05, 0.1) is 25.7 Å². The summed E-state index contributed by atoms with van der Waals surface area (Å²) in [7, 11) is 1.47. The van der Waals surface area contributed by atoms with Crippen LogP contribution in [0.25, 0.3) is 0 Å². The topological polar surface area (TPSA) is 91.4 Å². The number of nitrogens with two attached hydrogens (primary N) is 1. The molecule has 0 saturated heterocycles. The molecule has 7 nitrogen and oxygen atoms in total. The first kappa shape index (κ1) is 26.2. The summed E-state index contributed by atoms with van der Waals surface area (Å²) < 4.78 is 27.1. The lowest BCUT2D eigenvalue weighted by molar-refractivity contribution is 0.0950. The van der Waals surface area contributed by atoms with Crippen molar-refractivity contribution in [3.05, 3.63) is 71.6 Å². The van der Waals surface area contributed by atoms with Gasteiger partial charge in [0.2, 0.25) is 0 Å². The van der Waals surface area contributed by atoms with E-state index < -0.39 is 5.82 Å². The maximum absolute atomic E-state index is 14.2. The zero-order chi connectivity index (χ0) is 20.8. The van der Waals surface area contributed by atoms with E-state index in [-0.39, 0.29) is 48.8 Å². The standard InChI is InChI=1S/C21H23FN4O3.2ClH/c1-3-26-12-16(25-13-26)11-24-21(27)15-5-7-19(28-2)20(9-15)29-18-6-4-14(10-23)8-17(18)22;;/h4-9,12-13H,3,10-11,23H2,1-2H3,(H,24,27);2*1H. The van der Waals surface area contributed by atoms with Gasteiger partial charge in [0.25, 0.3) is 5.91 Å². The van der Waals surface area contributed by atoms with E-state index in [9.17, 15) is 9.18 Å². The van der Waals surface area contributed by atoms with Gasteiger partial charge < -0.3 is 25.1 Å². The molecule has 10 heteroatoms. The van der Waals surface area contributed by atoms with Gasteiger partial charge in [-0.15, -0.1) is 24.8 Å². The van der Waals surface area contributed by atoms with Crippen molar-refractivity contribution in [1.29, 1.82) is 0 Å². The molecule has 3 N–H and O–H groups in total. The lowest BCUT2D eigenvalue weighted by Gasteiger charge is -2.13. The lowest BCUT2D eigenvalue weighted by atomic mass is 10.1. The van der Waals surface area contributed by atoms with Gasteiger partial charge in [-0.2, -0.15) is 0 Å². The SMILES string of the molecule is CCn1cnc(CNC(=O)c2ccc(OC)c(Oc3ccc(CN)cc3F)c2)c1.Cl.Cl. The molecule has 1 aromatic heterocycles. The zero-order valence-electron chi connectivity index (χ0n) is 17.1. The van der Waals surface area contributed by atoms with Crippen LogP contribution in [0.2, 0.25) is 0 Å². The Morgan fingerprint density at radius 1 is 1.16 bits per heavy atom. The number of amides is 1. The number of methoxy groups -OCH3 is 1. The molecule has 0 spiro atoms. The number of hydrogen-bond acceptors (Lipinski definition) is 5. The number of rotatable bonds is 8. The minimum Gasteiger partial charge on any atom is -0.493 e. The average molecular weight is 471 g/mol. The van der Waals surface area contributed by atoms with E-state index in [0.29, 0.717) is 23.4 Å². The number of carbonyl (C=O) groups excluding carboxylic acids is 1. The maximum atomic E-state index is 14.2. The van der Waals surface area contributed by atoms with Gasteiger partial charge in [-0.25, -0.2) is 9.37 Å². The Bertz CT molecular complexity index is 1010. The molecule has 1 amide bonds. The number of hydrogen-bond donors (Lipinski definition) is 2. The summed E-state index contributed by atoms with van der Waals surface area (Å²) in [6.07, 6.45) is 3.59. The fourth-order valence-electron chi connectivity index (χ4n) is 2.71. The molecule has 0 bridgehead atoms. The normalized spacial score (nSPS) is 9.94. The summed E-state index contributed by atoms with van der Waals surface area (Å²) >= 11 is 0. The molecule has 0 radical (unpaired) electrons. The van der Waals surface area contributed by atoms with Gasteiger partial charge >= 0.3 is 0 Å². The quantitative estimate of drug-likeness (QED) is 0.517. The van der Waals surface area contributed by atoms with Gasteiger partial charge in [-0.05, 0) is 42.8 Å².